The standard InChI is InChI=1S/C20H27N5O.2C2HF3O2/c1-17-3-4-19(23-22-17)25-11-12-26-16-20(15-25)7-2-10-24(14-20)13-18-5-8-21-9-6-18;2*3-2(4,5)1(6)7/h3-6,8-9H,2,7,10-16H2,1H3;2*(H,6,7). The summed E-state index contributed by atoms with van der Waals surface area (Å²) >= 11 is 0. The molecule has 0 amide bonds. The van der Waals surface area contributed by atoms with E-state index in [0.717, 1.165) is 57.4 Å². The number of pyridine rings is 1. The fraction of sp³-hybridized carbons (Fsp3) is 0.542. The van der Waals surface area contributed by atoms with Crippen LogP contribution in [0.2, 0.25) is 0 Å². The highest BCUT2D eigenvalue weighted by molar-refractivity contribution is 5.73. The Bertz CT molecular complexity index is 1060. The van der Waals surface area contributed by atoms with Crippen molar-refractivity contribution in [2.75, 3.05) is 44.3 Å². The minimum Gasteiger partial charge on any atom is -0.475 e. The topological polar surface area (TPSA) is 129 Å². The molecule has 0 saturated carbocycles. The van der Waals surface area contributed by atoms with Gasteiger partial charge in [0.2, 0.25) is 0 Å². The van der Waals surface area contributed by atoms with Gasteiger partial charge in [-0.05, 0) is 56.1 Å². The van der Waals surface area contributed by atoms with Gasteiger partial charge in [0.05, 0.1) is 18.9 Å². The lowest BCUT2D eigenvalue weighted by Crippen LogP contribution is -2.50. The lowest BCUT2D eigenvalue weighted by atomic mass is 9.80. The van der Waals surface area contributed by atoms with Gasteiger partial charge in [-0.3, -0.25) is 9.88 Å². The van der Waals surface area contributed by atoms with Gasteiger partial charge in [0.15, 0.2) is 5.82 Å². The van der Waals surface area contributed by atoms with Crippen LogP contribution < -0.4 is 4.90 Å². The van der Waals surface area contributed by atoms with Crippen molar-refractivity contribution in [2.24, 2.45) is 5.41 Å². The summed E-state index contributed by atoms with van der Waals surface area (Å²) in [4.78, 5) is 26.8. The van der Waals surface area contributed by atoms with Crippen molar-refractivity contribution in [1.29, 1.82) is 0 Å². The maximum atomic E-state index is 10.6. The molecular weight excluding hydrogens is 552 g/mol. The van der Waals surface area contributed by atoms with Gasteiger partial charge in [-0.25, -0.2) is 9.59 Å². The number of aromatic nitrogens is 3. The fourth-order valence-corrected chi connectivity index (χ4v) is 4.19. The van der Waals surface area contributed by atoms with E-state index >= 15 is 0 Å². The normalized spacial score (nSPS) is 19.9. The summed E-state index contributed by atoms with van der Waals surface area (Å²) in [7, 11) is 0. The SMILES string of the molecule is Cc1ccc(N2CCOCC3(CCCN(Cc4ccncc4)C3)C2)nn1.O=C(O)C(F)(F)F.O=C(O)C(F)(F)F. The van der Waals surface area contributed by atoms with Crippen LogP contribution in [0.1, 0.15) is 24.1 Å². The fourth-order valence-electron chi connectivity index (χ4n) is 4.19. The highest BCUT2D eigenvalue weighted by atomic mass is 19.4. The van der Waals surface area contributed by atoms with E-state index in [2.05, 4.69) is 43.2 Å². The Kier molecular flexibility index (Phi) is 11.6. The third-order valence-electron chi connectivity index (χ3n) is 5.93. The maximum absolute atomic E-state index is 10.6. The van der Waals surface area contributed by atoms with E-state index in [-0.39, 0.29) is 5.41 Å². The lowest BCUT2D eigenvalue weighted by molar-refractivity contribution is -0.193. The molecule has 2 aromatic rings. The Morgan fingerprint density at radius 1 is 0.950 bits per heavy atom. The molecule has 4 rings (SSSR count). The van der Waals surface area contributed by atoms with Crippen LogP contribution in [0.4, 0.5) is 32.2 Å². The summed E-state index contributed by atoms with van der Waals surface area (Å²) in [5, 5.41) is 22.9. The molecule has 0 radical (unpaired) electrons. The summed E-state index contributed by atoms with van der Waals surface area (Å²) in [6.07, 6.45) is -4.00. The number of carboxylic acids is 2. The van der Waals surface area contributed by atoms with Crippen LogP contribution in [0.3, 0.4) is 0 Å². The first kappa shape index (κ1) is 32.7. The monoisotopic (exact) mass is 581 g/mol. The lowest BCUT2D eigenvalue weighted by Gasteiger charge is -2.43. The molecule has 2 aromatic heterocycles. The van der Waals surface area contributed by atoms with Crippen LogP contribution in [0.15, 0.2) is 36.7 Å². The predicted molar refractivity (Wildman–Crippen MR) is 128 cm³/mol. The zero-order valence-corrected chi connectivity index (χ0v) is 21.5. The van der Waals surface area contributed by atoms with E-state index in [1.165, 1.54) is 18.4 Å². The van der Waals surface area contributed by atoms with E-state index in [4.69, 9.17) is 24.5 Å². The van der Waals surface area contributed by atoms with E-state index < -0.39 is 24.3 Å². The van der Waals surface area contributed by atoms with Crippen LogP contribution in [0.5, 0.6) is 0 Å². The van der Waals surface area contributed by atoms with Crippen molar-refractivity contribution in [1.82, 2.24) is 20.1 Å². The summed E-state index contributed by atoms with van der Waals surface area (Å²) < 4.78 is 69.5. The zero-order chi connectivity index (χ0) is 30.0. The number of halogens is 6. The first-order valence-electron chi connectivity index (χ1n) is 12.0. The molecule has 2 fully saturated rings. The number of ether oxygens (including phenoxy) is 1. The Morgan fingerprint density at radius 3 is 2.08 bits per heavy atom. The zero-order valence-electron chi connectivity index (χ0n) is 21.5. The highest BCUT2D eigenvalue weighted by Gasteiger charge is 2.40. The van der Waals surface area contributed by atoms with Crippen LogP contribution in [0, 0.1) is 12.3 Å². The van der Waals surface area contributed by atoms with Crippen LogP contribution in [-0.2, 0) is 20.9 Å². The molecule has 40 heavy (non-hydrogen) atoms. The summed E-state index contributed by atoms with van der Waals surface area (Å²) in [6, 6.07) is 8.34. The molecule has 2 aliphatic heterocycles. The molecule has 10 nitrogen and oxygen atoms in total. The molecule has 16 heteroatoms. The Morgan fingerprint density at radius 2 is 1.55 bits per heavy atom. The van der Waals surface area contributed by atoms with Crippen molar-refractivity contribution in [3.8, 4) is 0 Å². The van der Waals surface area contributed by atoms with E-state index in [1.54, 1.807) is 0 Å². The van der Waals surface area contributed by atoms with Crippen molar-refractivity contribution in [3.05, 3.63) is 47.9 Å². The number of carbonyl (C=O) groups is 2. The summed E-state index contributed by atoms with van der Waals surface area (Å²) in [5.41, 5.74) is 2.44. The van der Waals surface area contributed by atoms with Gasteiger partial charge in [0.1, 0.15) is 0 Å². The molecule has 2 aliphatic rings. The van der Waals surface area contributed by atoms with Gasteiger partial charge in [0.25, 0.3) is 0 Å². The molecule has 0 bridgehead atoms. The average molecular weight is 582 g/mol. The number of likely N-dealkylation sites (tertiary alicyclic amines) is 1. The van der Waals surface area contributed by atoms with Gasteiger partial charge in [-0.2, -0.15) is 31.4 Å². The van der Waals surface area contributed by atoms with Crippen molar-refractivity contribution >= 4 is 17.8 Å². The van der Waals surface area contributed by atoms with Crippen LogP contribution in [-0.4, -0.2) is 94.0 Å². The van der Waals surface area contributed by atoms with Crippen LogP contribution in [0.25, 0.3) is 0 Å². The predicted octanol–water partition coefficient (Wildman–Crippen LogP) is 3.57. The molecule has 1 unspecified atom stereocenters. The molecule has 2 saturated heterocycles. The Balaban J connectivity index is 0.000000333. The number of hydrogen-bond acceptors (Lipinski definition) is 8. The second kappa shape index (κ2) is 14.2. The number of aliphatic carboxylic acids is 2. The number of carboxylic acid groups (broad SMARTS) is 2. The molecule has 2 N–H and O–H groups in total. The molecule has 1 spiro atoms. The first-order chi connectivity index (χ1) is 18.6. The second-order valence-electron chi connectivity index (χ2n) is 9.28. The smallest absolute Gasteiger partial charge is 0.475 e. The Labute approximate surface area is 225 Å². The minimum absolute atomic E-state index is 0.161. The summed E-state index contributed by atoms with van der Waals surface area (Å²) in [5.74, 6) is -4.55. The molecule has 222 valence electrons. The molecule has 0 aromatic carbocycles. The van der Waals surface area contributed by atoms with Gasteiger partial charge < -0.3 is 19.8 Å². The summed E-state index contributed by atoms with van der Waals surface area (Å²) in [6.45, 7) is 8.61. The third-order valence-corrected chi connectivity index (χ3v) is 5.93. The Hall–Kier alpha value is -3.53. The average Bonchev–Trinajstić information content (AvgIpc) is 3.07. The van der Waals surface area contributed by atoms with E-state index in [9.17, 15) is 26.3 Å². The van der Waals surface area contributed by atoms with Crippen molar-refractivity contribution < 1.29 is 50.9 Å². The first-order valence-corrected chi connectivity index (χ1v) is 12.0. The van der Waals surface area contributed by atoms with Crippen molar-refractivity contribution in [3.63, 3.8) is 0 Å². The number of hydrogen-bond donors (Lipinski definition) is 2. The highest BCUT2D eigenvalue weighted by Crippen LogP contribution is 2.34. The largest absolute Gasteiger partial charge is 0.490 e. The second-order valence-corrected chi connectivity index (χ2v) is 9.28. The van der Waals surface area contributed by atoms with E-state index in [0.29, 0.717) is 0 Å². The minimum atomic E-state index is -5.08. The molecule has 1 atom stereocenters. The number of anilines is 1. The number of alkyl halides is 6. The molecule has 0 aliphatic carbocycles. The third kappa shape index (κ3) is 10.9. The van der Waals surface area contributed by atoms with Gasteiger partial charge in [-0.1, -0.05) is 0 Å². The molecular formula is C24H29F6N5O5. The number of aryl methyl sites for hydroxylation is 1. The quantitative estimate of drug-likeness (QED) is 0.519. The molecule has 4 heterocycles. The van der Waals surface area contributed by atoms with Crippen molar-refractivity contribution in [2.45, 2.75) is 38.7 Å². The maximum Gasteiger partial charge on any atom is 0.490 e. The number of rotatable bonds is 3. The van der Waals surface area contributed by atoms with Gasteiger partial charge >= 0.3 is 24.3 Å². The van der Waals surface area contributed by atoms with Gasteiger partial charge in [-0.15, -0.1) is 5.10 Å². The van der Waals surface area contributed by atoms with Gasteiger partial charge in [0, 0.05) is 44.0 Å². The van der Waals surface area contributed by atoms with E-state index in [1.807, 2.05) is 25.4 Å². The number of nitrogens with zero attached hydrogens (tertiary/aromatic N) is 5. The number of piperidine rings is 1. The van der Waals surface area contributed by atoms with Crippen LogP contribution >= 0.6 is 0 Å².